The SMILES string of the molecule is Cc1ccccc1C1=NCC(CCN)O1. The van der Waals surface area contributed by atoms with Crippen LogP contribution in [0.15, 0.2) is 29.3 Å². The van der Waals surface area contributed by atoms with E-state index in [0.29, 0.717) is 6.54 Å². The van der Waals surface area contributed by atoms with E-state index in [4.69, 9.17) is 10.5 Å². The average Bonchev–Trinajstić information content (AvgIpc) is 2.68. The van der Waals surface area contributed by atoms with Crippen LogP contribution in [0.4, 0.5) is 0 Å². The fraction of sp³-hybridized carbons (Fsp3) is 0.417. The van der Waals surface area contributed by atoms with Crippen molar-refractivity contribution in [1.82, 2.24) is 0 Å². The number of nitrogens with zero attached hydrogens (tertiary/aromatic N) is 1. The molecule has 0 aromatic heterocycles. The van der Waals surface area contributed by atoms with Crippen molar-refractivity contribution in [1.29, 1.82) is 0 Å². The summed E-state index contributed by atoms with van der Waals surface area (Å²) in [5.41, 5.74) is 7.78. The van der Waals surface area contributed by atoms with Crippen LogP contribution in [-0.2, 0) is 4.74 Å². The zero-order valence-electron chi connectivity index (χ0n) is 8.94. The van der Waals surface area contributed by atoms with Gasteiger partial charge in [-0.05, 0) is 31.5 Å². The lowest BCUT2D eigenvalue weighted by Gasteiger charge is -2.10. The molecule has 1 aromatic carbocycles. The van der Waals surface area contributed by atoms with Gasteiger partial charge in [-0.25, -0.2) is 4.99 Å². The predicted molar refractivity (Wildman–Crippen MR) is 61.1 cm³/mol. The molecule has 0 radical (unpaired) electrons. The van der Waals surface area contributed by atoms with Gasteiger partial charge in [-0.3, -0.25) is 0 Å². The van der Waals surface area contributed by atoms with E-state index in [9.17, 15) is 0 Å². The lowest BCUT2D eigenvalue weighted by Crippen LogP contribution is -2.18. The first-order valence-electron chi connectivity index (χ1n) is 5.28. The van der Waals surface area contributed by atoms with Crippen LogP contribution in [0.2, 0.25) is 0 Å². The van der Waals surface area contributed by atoms with Crippen LogP contribution in [0.5, 0.6) is 0 Å². The van der Waals surface area contributed by atoms with Crippen LogP contribution < -0.4 is 5.73 Å². The second-order valence-corrected chi connectivity index (χ2v) is 3.78. The average molecular weight is 204 g/mol. The second kappa shape index (κ2) is 4.45. The highest BCUT2D eigenvalue weighted by Gasteiger charge is 2.20. The van der Waals surface area contributed by atoms with Crippen molar-refractivity contribution in [3.05, 3.63) is 35.4 Å². The van der Waals surface area contributed by atoms with Gasteiger partial charge in [0.05, 0.1) is 6.54 Å². The molecule has 1 heterocycles. The van der Waals surface area contributed by atoms with Crippen LogP contribution in [0.3, 0.4) is 0 Å². The van der Waals surface area contributed by atoms with E-state index in [2.05, 4.69) is 18.0 Å². The van der Waals surface area contributed by atoms with E-state index in [1.165, 1.54) is 5.56 Å². The normalized spacial score (nSPS) is 19.9. The smallest absolute Gasteiger partial charge is 0.216 e. The summed E-state index contributed by atoms with van der Waals surface area (Å²) in [6.07, 6.45) is 1.04. The Bertz CT molecular complexity index is 374. The van der Waals surface area contributed by atoms with Gasteiger partial charge in [-0.1, -0.05) is 18.2 Å². The summed E-state index contributed by atoms with van der Waals surface area (Å²) < 4.78 is 5.74. The number of aryl methyl sites for hydroxylation is 1. The first-order valence-corrected chi connectivity index (χ1v) is 5.28. The Hall–Kier alpha value is -1.35. The molecule has 2 N–H and O–H groups in total. The summed E-state index contributed by atoms with van der Waals surface area (Å²) in [4.78, 5) is 4.41. The summed E-state index contributed by atoms with van der Waals surface area (Å²) in [5, 5.41) is 0. The Morgan fingerprint density at radius 2 is 2.27 bits per heavy atom. The van der Waals surface area contributed by atoms with Gasteiger partial charge in [0.25, 0.3) is 0 Å². The zero-order valence-corrected chi connectivity index (χ0v) is 8.94. The van der Waals surface area contributed by atoms with Gasteiger partial charge in [0.2, 0.25) is 5.90 Å². The Kier molecular flexibility index (Phi) is 3.02. The van der Waals surface area contributed by atoms with Crippen molar-refractivity contribution < 1.29 is 4.74 Å². The summed E-state index contributed by atoms with van der Waals surface area (Å²) in [6.45, 7) is 3.46. The van der Waals surface area contributed by atoms with Gasteiger partial charge >= 0.3 is 0 Å². The van der Waals surface area contributed by atoms with E-state index < -0.39 is 0 Å². The number of hydrogen-bond donors (Lipinski definition) is 1. The van der Waals surface area contributed by atoms with Gasteiger partial charge in [-0.2, -0.15) is 0 Å². The van der Waals surface area contributed by atoms with Gasteiger partial charge in [-0.15, -0.1) is 0 Å². The molecule has 0 bridgehead atoms. The minimum Gasteiger partial charge on any atom is -0.472 e. The maximum absolute atomic E-state index is 5.74. The third-order valence-electron chi connectivity index (χ3n) is 2.58. The Balaban J connectivity index is 2.11. The molecule has 1 aliphatic heterocycles. The molecule has 0 saturated heterocycles. The van der Waals surface area contributed by atoms with Gasteiger partial charge in [0.15, 0.2) is 0 Å². The second-order valence-electron chi connectivity index (χ2n) is 3.78. The summed E-state index contributed by atoms with van der Waals surface area (Å²) in [7, 11) is 0. The number of hydrogen-bond acceptors (Lipinski definition) is 3. The molecule has 15 heavy (non-hydrogen) atoms. The quantitative estimate of drug-likeness (QED) is 0.810. The van der Waals surface area contributed by atoms with Crippen LogP contribution in [0.1, 0.15) is 17.5 Å². The highest BCUT2D eigenvalue weighted by molar-refractivity contribution is 5.96. The maximum atomic E-state index is 5.74. The summed E-state index contributed by atoms with van der Waals surface area (Å²) >= 11 is 0. The fourth-order valence-electron chi connectivity index (χ4n) is 1.71. The molecule has 0 spiro atoms. The minimum absolute atomic E-state index is 0.171. The fourth-order valence-corrected chi connectivity index (χ4v) is 1.71. The number of nitrogens with two attached hydrogens (primary N) is 1. The van der Waals surface area contributed by atoms with E-state index in [1.54, 1.807) is 0 Å². The molecule has 0 fully saturated rings. The first kappa shape index (κ1) is 10.2. The van der Waals surface area contributed by atoms with E-state index in [-0.39, 0.29) is 6.10 Å². The van der Waals surface area contributed by atoms with Crippen LogP contribution in [0.25, 0.3) is 0 Å². The van der Waals surface area contributed by atoms with Crippen molar-refractivity contribution in [3.63, 3.8) is 0 Å². The largest absolute Gasteiger partial charge is 0.472 e. The monoisotopic (exact) mass is 204 g/mol. The zero-order chi connectivity index (χ0) is 10.7. The Labute approximate surface area is 90.0 Å². The summed E-state index contributed by atoms with van der Waals surface area (Å²) in [5.74, 6) is 0.770. The third kappa shape index (κ3) is 2.18. The van der Waals surface area contributed by atoms with Crippen LogP contribution >= 0.6 is 0 Å². The lowest BCUT2D eigenvalue weighted by molar-refractivity contribution is 0.216. The number of aliphatic imine (C=N–C) groups is 1. The molecule has 80 valence electrons. The van der Waals surface area contributed by atoms with Crippen molar-refractivity contribution in [2.45, 2.75) is 19.4 Å². The molecule has 0 amide bonds. The molecule has 2 rings (SSSR count). The first-order chi connectivity index (χ1) is 7.31. The Morgan fingerprint density at radius 3 is 3.00 bits per heavy atom. The number of rotatable bonds is 3. The molecule has 1 unspecified atom stereocenters. The molecule has 3 nitrogen and oxygen atoms in total. The van der Waals surface area contributed by atoms with Crippen molar-refractivity contribution in [2.75, 3.05) is 13.1 Å². The minimum atomic E-state index is 0.171. The number of ether oxygens (including phenoxy) is 1. The molecular weight excluding hydrogens is 188 g/mol. The van der Waals surface area contributed by atoms with Crippen molar-refractivity contribution in [3.8, 4) is 0 Å². The molecule has 1 aliphatic rings. The topological polar surface area (TPSA) is 47.6 Å². The molecule has 0 aliphatic carbocycles. The Morgan fingerprint density at radius 1 is 1.47 bits per heavy atom. The summed E-state index contributed by atoms with van der Waals surface area (Å²) in [6, 6.07) is 8.13. The molecule has 1 atom stereocenters. The standard InChI is InChI=1S/C12H16N2O/c1-9-4-2-3-5-11(9)12-14-8-10(15-12)6-7-13/h2-5,10H,6-8,13H2,1H3. The highest BCUT2D eigenvalue weighted by Crippen LogP contribution is 2.16. The maximum Gasteiger partial charge on any atom is 0.216 e. The van der Waals surface area contributed by atoms with Crippen LogP contribution in [-0.4, -0.2) is 25.1 Å². The highest BCUT2D eigenvalue weighted by atomic mass is 16.5. The van der Waals surface area contributed by atoms with Crippen molar-refractivity contribution >= 4 is 5.90 Å². The van der Waals surface area contributed by atoms with E-state index >= 15 is 0 Å². The van der Waals surface area contributed by atoms with E-state index in [1.807, 2.05) is 18.2 Å². The van der Waals surface area contributed by atoms with E-state index in [0.717, 1.165) is 24.4 Å². The predicted octanol–water partition coefficient (Wildman–Crippen LogP) is 1.49. The molecular formula is C12H16N2O. The van der Waals surface area contributed by atoms with Gasteiger partial charge < -0.3 is 10.5 Å². The third-order valence-corrected chi connectivity index (χ3v) is 2.58. The molecule has 0 saturated carbocycles. The van der Waals surface area contributed by atoms with Crippen molar-refractivity contribution in [2.24, 2.45) is 10.7 Å². The lowest BCUT2D eigenvalue weighted by atomic mass is 10.1. The van der Waals surface area contributed by atoms with Gasteiger partial charge in [0.1, 0.15) is 6.10 Å². The number of benzene rings is 1. The molecule has 1 aromatic rings. The van der Waals surface area contributed by atoms with Gasteiger partial charge in [0, 0.05) is 5.56 Å². The van der Waals surface area contributed by atoms with Crippen LogP contribution in [0, 0.1) is 6.92 Å². The molecule has 3 heteroatoms.